The van der Waals surface area contributed by atoms with Crippen molar-refractivity contribution < 1.29 is 14.3 Å². The Bertz CT molecular complexity index is 710. The van der Waals surface area contributed by atoms with Crippen LogP contribution in [0.3, 0.4) is 0 Å². The van der Waals surface area contributed by atoms with Crippen molar-refractivity contribution in [2.75, 3.05) is 26.5 Å². The van der Waals surface area contributed by atoms with Crippen molar-refractivity contribution in [3.8, 4) is 5.75 Å². The van der Waals surface area contributed by atoms with Gasteiger partial charge in [-0.05, 0) is 35.4 Å². The zero-order chi connectivity index (χ0) is 18.2. The van der Waals surface area contributed by atoms with E-state index in [1.165, 1.54) is 0 Å². The Morgan fingerprint density at radius 1 is 0.960 bits per heavy atom. The number of amides is 3. The van der Waals surface area contributed by atoms with Crippen LogP contribution in [0.25, 0.3) is 0 Å². The molecule has 0 spiro atoms. The minimum Gasteiger partial charge on any atom is -0.497 e. The molecule has 0 bridgehead atoms. The molecule has 132 valence electrons. The number of carbonyl (C=O) groups is 2. The van der Waals surface area contributed by atoms with E-state index in [0.29, 0.717) is 18.7 Å². The molecule has 2 N–H and O–H groups in total. The molecule has 6 heteroatoms. The van der Waals surface area contributed by atoms with E-state index in [-0.39, 0.29) is 11.9 Å². The molecule has 0 aliphatic carbocycles. The van der Waals surface area contributed by atoms with Crippen molar-refractivity contribution >= 4 is 17.6 Å². The average molecular weight is 341 g/mol. The van der Waals surface area contributed by atoms with Gasteiger partial charge in [0.2, 0.25) is 5.91 Å². The molecular formula is C19H23N3O3. The molecule has 2 aromatic carbocycles. The lowest BCUT2D eigenvalue weighted by Crippen LogP contribution is -2.28. The van der Waals surface area contributed by atoms with E-state index >= 15 is 0 Å². The summed E-state index contributed by atoms with van der Waals surface area (Å²) in [5.41, 5.74) is 2.56. The lowest BCUT2D eigenvalue weighted by atomic mass is 10.1. The summed E-state index contributed by atoms with van der Waals surface area (Å²) in [6.07, 6.45) is 0.344. The Kier molecular flexibility index (Phi) is 6.39. The van der Waals surface area contributed by atoms with Crippen LogP contribution in [-0.2, 0) is 17.8 Å². The number of nitrogens with one attached hydrogen (secondary N) is 2. The summed E-state index contributed by atoms with van der Waals surface area (Å²) in [5.74, 6) is 0.819. The minimum absolute atomic E-state index is 0.0398. The van der Waals surface area contributed by atoms with Gasteiger partial charge in [0, 0.05) is 26.3 Å². The van der Waals surface area contributed by atoms with Crippen molar-refractivity contribution in [2.24, 2.45) is 0 Å². The number of hydrogen-bond acceptors (Lipinski definition) is 3. The molecule has 3 amide bonds. The topological polar surface area (TPSA) is 70.7 Å². The summed E-state index contributed by atoms with van der Waals surface area (Å²) in [7, 11) is 5.07. The third-order valence-corrected chi connectivity index (χ3v) is 3.68. The fraction of sp³-hybridized carbons (Fsp3) is 0.263. The largest absolute Gasteiger partial charge is 0.497 e. The second-order valence-corrected chi connectivity index (χ2v) is 5.82. The molecule has 6 nitrogen and oxygen atoms in total. The monoisotopic (exact) mass is 341 g/mol. The number of ether oxygens (including phenoxy) is 1. The standard InChI is InChI=1S/C19H23N3O3/c1-22(2)18(23)12-14-4-8-16(9-5-14)21-19(24)20-13-15-6-10-17(25-3)11-7-15/h4-11H,12-13H2,1-3H3,(H2,20,21,24). The Morgan fingerprint density at radius 2 is 1.56 bits per heavy atom. The predicted molar refractivity (Wildman–Crippen MR) is 97.7 cm³/mol. The van der Waals surface area contributed by atoms with Gasteiger partial charge < -0.3 is 20.3 Å². The number of nitrogens with zero attached hydrogens (tertiary/aromatic N) is 1. The highest BCUT2D eigenvalue weighted by atomic mass is 16.5. The molecule has 0 heterocycles. The first-order chi connectivity index (χ1) is 12.0. The van der Waals surface area contributed by atoms with Crippen molar-refractivity contribution in [1.29, 1.82) is 0 Å². The summed E-state index contributed by atoms with van der Waals surface area (Å²) < 4.78 is 5.10. The Morgan fingerprint density at radius 3 is 2.12 bits per heavy atom. The summed E-state index contributed by atoms with van der Waals surface area (Å²) >= 11 is 0. The molecule has 0 aromatic heterocycles. The van der Waals surface area contributed by atoms with Crippen LogP contribution in [-0.4, -0.2) is 38.0 Å². The Labute approximate surface area is 147 Å². The normalized spacial score (nSPS) is 10.0. The van der Waals surface area contributed by atoms with Crippen molar-refractivity contribution in [2.45, 2.75) is 13.0 Å². The summed E-state index contributed by atoms with van der Waals surface area (Å²) in [6, 6.07) is 14.4. The number of benzene rings is 2. The predicted octanol–water partition coefficient (Wildman–Crippen LogP) is 2.65. The fourth-order valence-electron chi connectivity index (χ4n) is 2.14. The van der Waals surface area contributed by atoms with Gasteiger partial charge in [-0.25, -0.2) is 4.79 Å². The number of anilines is 1. The maximum Gasteiger partial charge on any atom is 0.319 e. The van der Waals surface area contributed by atoms with Crippen LogP contribution in [0.15, 0.2) is 48.5 Å². The van der Waals surface area contributed by atoms with Gasteiger partial charge in [0.25, 0.3) is 0 Å². The zero-order valence-electron chi connectivity index (χ0n) is 14.7. The van der Waals surface area contributed by atoms with Gasteiger partial charge in [-0.1, -0.05) is 24.3 Å². The molecule has 0 unspecified atom stereocenters. The van der Waals surface area contributed by atoms with Crippen LogP contribution in [0.2, 0.25) is 0 Å². The zero-order valence-corrected chi connectivity index (χ0v) is 14.7. The first kappa shape index (κ1) is 18.3. The highest BCUT2D eigenvalue weighted by Gasteiger charge is 2.06. The van der Waals surface area contributed by atoms with Crippen LogP contribution in [0.4, 0.5) is 10.5 Å². The van der Waals surface area contributed by atoms with E-state index in [1.807, 2.05) is 36.4 Å². The van der Waals surface area contributed by atoms with Crippen LogP contribution in [0.5, 0.6) is 5.75 Å². The third-order valence-electron chi connectivity index (χ3n) is 3.68. The summed E-state index contributed by atoms with van der Waals surface area (Å²) in [4.78, 5) is 25.2. The van der Waals surface area contributed by atoms with Gasteiger partial charge >= 0.3 is 6.03 Å². The highest BCUT2D eigenvalue weighted by Crippen LogP contribution is 2.12. The van der Waals surface area contributed by atoms with Crippen LogP contribution >= 0.6 is 0 Å². The van der Waals surface area contributed by atoms with Gasteiger partial charge in [-0.3, -0.25) is 4.79 Å². The highest BCUT2D eigenvalue weighted by molar-refractivity contribution is 5.89. The Balaban J connectivity index is 1.82. The average Bonchev–Trinajstić information content (AvgIpc) is 2.62. The SMILES string of the molecule is COc1ccc(CNC(=O)Nc2ccc(CC(=O)N(C)C)cc2)cc1. The van der Waals surface area contributed by atoms with Gasteiger partial charge in [0.15, 0.2) is 0 Å². The molecule has 2 aromatic rings. The molecule has 0 fully saturated rings. The molecule has 0 aliphatic rings. The smallest absolute Gasteiger partial charge is 0.319 e. The first-order valence-corrected chi connectivity index (χ1v) is 7.95. The second kappa shape index (κ2) is 8.73. The number of likely N-dealkylation sites (N-methyl/N-ethyl adjacent to an activating group) is 1. The number of hydrogen-bond donors (Lipinski definition) is 2. The van der Waals surface area contributed by atoms with Crippen LogP contribution < -0.4 is 15.4 Å². The van der Waals surface area contributed by atoms with Gasteiger partial charge in [0.1, 0.15) is 5.75 Å². The summed E-state index contributed by atoms with van der Waals surface area (Å²) in [5, 5.41) is 5.56. The molecule has 25 heavy (non-hydrogen) atoms. The van der Waals surface area contributed by atoms with E-state index < -0.39 is 0 Å². The maximum atomic E-state index is 12.0. The van der Waals surface area contributed by atoms with Crippen molar-refractivity contribution in [3.05, 3.63) is 59.7 Å². The van der Waals surface area contributed by atoms with Gasteiger partial charge in [-0.15, -0.1) is 0 Å². The van der Waals surface area contributed by atoms with E-state index in [2.05, 4.69) is 10.6 Å². The third kappa shape index (κ3) is 5.84. The number of methoxy groups -OCH3 is 1. The fourth-order valence-corrected chi connectivity index (χ4v) is 2.14. The molecule has 2 rings (SSSR count). The van der Waals surface area contributed by atoms with Crippen LogP contribution in [0, 0.1) is 0 Å². The molecule has 0 saturated carbocycles. The number of rotatable bonds is 6. The van der Waals surface area contributed by atoms with Crippen molar-refractivity contribution in [1.82, 2.24) is 10.2 Å². The van der Waals surface area contributed by atoms with E-state index in [4.69, 9.17) is 4.74 Å². The van der Waals surface area contributed by atoms with Gasteiger partial charge in [0.05, 0.1) is 13.5 Å². The van der Waals surface area contributed by atoms with Crippen LogP contribution in [0.1, 0.15) is 11.1 Å². The molecular weight excluding hydrogens is 318 g/mol. The quantitative estimate of drug-likeness (QED) is 0.848. The van der Waals surface area contributed by atoms with E-state index in [1.54, 1.807) is 38.2 Å². The van der Waals surface area contributed by atoms with Crippen molar-refractivity contribution in [3.63, 3.8) is 0 Å². The molecule has 0 radical (unpaired) electrons. The lowest BCUT2D eigenvalue weighted by Gasteiger charge is -2.11. The second-order valence-electron chi connectivity index (χ2n) is 5.82. The van der Waals surface area contributed by atoms with Gasteiger partial charge in [-0.2, -0.15) is 0 Å². The molecule has 0 atom stereocenters. The molecule has 0 saturated heterocycles. The molecule has 0 aliphatic heterocycles. The lowest BCUT2D eigenvalue weighted by molar-refractivity contribution is -0.127. The number of urea groups is 1. The number of carbonyl (C=O) groups excluding carboxylic acids is 2. The van der Waals surface area contributed by atoms with E-state index in [9.17, 15) is 9.59 Å². The summed E-state index contributed by atoms with van der Waals surface area (Å²) in [6.45, 7) is 0.422. The maximum absolute atomic E-state index is 12.0. The van der Waals surface area contributed by atoms with E-state index in [0.717, 1.165) is 16.9 Å². The minimum atomic E-state index is -0.284. The Hall–Kier alpha value is -3.02. The first-order valence-electron chi connectivity index (χ1n) is 7.95.